The van der Waals surface area contributed by atoms with Gasteiger partial charge in [0, 0.05) is 41.5 Å². The molecule has 0 heterocycles. The van der Waals surface area contributed by atoms with Gasteiger partial charge in [-0.15, -0.1) is 0 Å². The van der Waals surface area contributed by atoms with Crippen molar-refractivity contribution in [2.75, 3.05) is 19.8 Å². The zero-order valence-corrected chi connectivity index (χ0v) is 22.8. The summed E-state index contributed by atoms with van der Waals surface area (Å²) in [5.74, 6) is 0. The topological polar surface area (TPSA) is 80.9 Å². The van der Waals surface area contributed by atoms with Crippen molar-refractivity contribution in [3.05, 3.63) is 91.0 Å². The van der Waals surface area contributed by atoms with E-state index >= 15 is 0 Å². The van der Waals surface area contributed by atoms with E-state index in [1.807, 2.05) is 112 Å². The second-order valence-corrected chi connectivity index (χ2v) is 10.1. The molecule has 4 N–H and O–H groups in total. The third-order valence-corrected chi connectivity index (χ3v) is 7.75. The van der Waals surface area contributed by atoms with Crippen molar-refractivity contribution in [3.8, 4) is 0 Å². The first-order chi connectivity index (χ1) is 15.6. The zero-order valence-electron chi connectivity index (χ0n) is 20.2. The van der Waals surface area contributed by atoms with Gasteiger partial charge in [0.25, 0.3) is 8.32 Å². The van der Waals surface area contributed by atoms with Crippen molar-refractivity contribution in [2.45, 2.75) is 40.0 Å². The van der Waals surface area contributed by atoms with Crippen LogP contribution in [0.5, 0.6) is 0 Å². The van der Waals surface area contributed by atoms with E-state index in [1.165, 1.54) is 0 Å². The molecule has 3 aromatic rings. The van der Waals surface area contributed by atoms with Crippen LogP contribution in [0.4, 0.5) is 0 Å². The normalized spacial score (nSPS) is 9.55. The summed E-state index contributed by atoms with van der Waals surface area (Å²) in [6, 6.07) is 30.0. The molecule has 0 spiro atoms. The van der Waals surface area contributed by atoms with Crippen LogP contribution in [0, 0.1) is 0 Å². The minimum absolute atomic E-state index is 0. The summed E-state index contributed by atoms with van der Waals surface area (Å²) in [6.07, 6.45) is 2.62. The van der Waals surface area contributed by atoms with Gasteiger partial charge < -0.3 is 20.1 Å². The first-order valence-electron chi connectivity index (χ1n) is 11.3. The van der Waals surface area contributed by atoms with Crippen molar-refractivity contribution in [2.24, 2.45) is 0 Å². The van der Waals surface area contributed by atoms with Gasteiger partial charge in [0.1, 0.15) is 0 Å². The summed E-state index contributed by atoms with van der Waals surface area (Å²) in [7, 11) is -2.88. The van der Waals surface area contributed by atoms with Gasteiger partial charge in [0.15, 0.2) is 0 Å². The van der Waals surface area contributed by atoms with Gasteiger partial charge >= 0.3 is 0 Å². The van der Waals surface area contributed by atoms with Gasteiger partial charge in [0.2, 0.25) is 0 Å². The van der Waals surface area contributed by atoms with Gasteiger partial charge in [-0.2, -0.15) is 0 Å². The molecule has 4 nitrogen and oxygen atoms in total. The van der Waals surface area contributed by atoms with Crippen molar-refractivity contribution in [1.29, 1.82) is 0 Å². The Bertz CT molecular complexity index is 662. The molecule has 0 aliphatic rings. The number of benzene rings is 3. The molecule has 33 heavy (non-hydrogen) atoms. The van der Waals surface area contributed by atoms with E-state index in [4.69, 9.17) is 15.3 Å². The largest absolute Gasteiger partial charge is 0.421 e. The van der Waals surface area contributed by atoms with E-state index in [2.05, 4.69) is 0 Å². The zero-order chi connectivity index (χ0) is 24.1. The van der Waals surface area contributed by atoms with Gasteiger partial charge in [-0.1, -0.05) is 112 Å². The second kappa shape index (κ2) is 22.2. The van der Waals surface area contributed by atoms with E-state index in [-0.39, 0.29) is 21.7 Å². The number of hydrogen-bond donors (Lipinski definition) is 4. The Labute approximate surface area is 216 Å². The maximum Gasteiger partial charge on any atom is 0.285 e. The number of hydrogen-bond acceptors (Lipinski definition) is 4. The minimum Gasteiger partial charge on any atom is -0.421 e. The Hall–Kier alpha value is -1.57. The molecule has 6 heteroatoms. The second-order valence-electron chi connectivity index (χ2n) is 6.98. The maximum absolute atomic E-state index is 11.6. The van der Waals surface area contributed by atoms with Gasteiger partial charge in [-0.25, -0.2) is 0 Å². The average Bonchev–Trinajstić information content (AvgIpc) is 2.90. The number of rotatable bonds is 6. The molecule has 3 aromatic carbocycles. The van der Waals surface area contributed by atoms with E-state index in [1.54, 1.807) is 0 Å². The van der Waals surface area contributed by atoms with Crippen molar-refractivity contribution >= 4 is 23.9 Å². The van der Waals surface area contributed by atoms with E-state index in [0.29, 0.717) is 19.8 Å². The van der Waals surface area contributed by atoms with Gasteiger partial charge in [-0.3, -0.25) is 0 Å². The molecule has 0 amide bonds. The number of aliphatic hydroxyl groups is 3. The average molecular weight is 505 g/mol. The monoisotopic (exact) mass is 504 g/mol. The Balaban J connectivity index is 0. The molecule has 0 aliphatic heterocycles. The third kappa shape index (κ3) is 13.0. The molecule has 0 atom stereocenters. The van der Waals surface area contributed by atoms with Crippen LogP contribution in [0.3, 0.4) is 0 Å². The summed E-state index contributed by atoms with van der Waals surface area (Å²) < 4.78 is 0. The van der Waals surface area contributed by atoms with Crippen molar-refractivity contribution in [1.82, 2.24) is 0 Å². The standard InChI is InChI=1S/C18H16OSi.3C3H8O.Ti/c19-20(16-10-4-1-5-11-16,17-12-6-2-7-13-17)18-14-8-3-9-15-18;3*1-2-3-4;/h1-15,19H;3*4H,2-3H2,1H3;. The summed E-state index contributed by atoms with van der Waals surface area (Å²) >= 11 is 0. The SMILES string of the molecule is CCCO.CCCO.CCCO.O[Si](c1ccccc1)(c1ccccc1)c1ccccc1.[Ti]. The molecule has 0 saturated heterocycles. The van der Waals surface area contributed by atoms with Gasteiger partial charge in [0.05, 0.1) is 0 Å². The molecule has 180 valence electrons. The van der Waals surface area contributed by atoms with E-state index < -0.39 is 8.32 Å². The predicted octanol–water partition coefficient (Wildman–Crippen LogP) is 2.81. The summed E-state index contributed by atoms with van der Waals surface area (Å²) in [5.41, 5.74) is 0. The summed E-state index contributed by atoms with van der Waals surface area (Å²) in [4.78, 5) is 11.6. The molecule has 0 unspecified atom stereocenters. The molecule has 0 aliphatic carbocycles. The van der Waals surface area contributed by atoms with Crippen LogP contribution in [0.25, 0.3) is 0 Å². The van der Waals surface area contributed by atoms with E-state index in [9.17, 15) is 4.80 Å². The quantitative estimate of drug-likeness (QED) is 0.308. The number of aliphatic hydroxyl groups excluding tert-OH is 3. The smallest absolute Gasteiger partial charge is 0.285 e. The minimum atomic E-state index is -2.88. The Morgan fingerprint density at radius 2 is 0.667 bits per heavy atom. The fraction of sp³-hybridized carbons (Fsp3) is 0.333. The third-order valence-electron chi connectivity index (χ3n) is 4.25. The summed E-state index contributed by atoms with van der Waals surface area (Å²) in [6.45, 7) is 6.75. The molecule has 0 aromatic heterocycles. The molecule has 3 rings (SSSR count). The van der Waals surface area contributed by atoms with Gasteiger partial charge in [-0.05, 0) is 34.8 Å². The van der Waals surface area contributed by atoms with Crippen LogP contribution in [-0.2, 0) is 21.7 Å². The Kier molecular flexibility index (Phi) is 22.6. The fourth-order valence-corrected chi connectivity index (χ4v) is 5.56. The molecule has 0 saturated carbocycles. The Morgan fingerprint density at radius 3 is 0.818 bits per heavy atom. The van der Waals surface area contributed by atoms with Crippen LogP contribution in [0.1, 0.15) is 40.0 Å². The molecule has 0 fully saturated rings. The molecular formula is C27H40O4SiTi. The first kappa shape index (κ1) is 33.6. The van der Waals surface area contributed by atoms with Crippen molar-refractivity contribution < 1.29 is 41.8 Å². The summed E-state index contributed by atoms with van der Waals surface area (Å²) in [5, 5.41) is 26.7. The van der Waals surface area contributed by atoms with Crippen LogP contribution in [-0.4, -0.2) is 48.3 Å². The van der Waals surface area contributed by atoms with E-state index in [0.717, 1.165) is 34.8 Å². The fourth-order valence-electron chi connectivity index (χ4n) is 2.54. The maximum atomic E-state index is 11.6. The van der Waals surface area contributed by atoms with Crippen LogP contribution < -0.4 is 15.6 Å². The molecule has 0 bridgehead atoms. The van der Waals surface area contributed by atoms with Crippen LogP contribution >= 0.6 is 0 Å². The van der Waals surface area contributed by atoms with Crippen LogP contribution in [0.2, 0.25) is 0 Å². The first-order valence-corrected chi connectivity index (χ1v) is 13.2. The Morgan fingerprint density at radius 1 is 0.485 bits per heavy atom. The van der Waals surface area contributed by atoms with Crippen LogP contribution in [0.15, 0.2) is 91.0 Å². The molecular weight excluding hydrogens is 464 g/mol. The predicted molar refractivity (Wildman–Crippen MR) is 138 cm³/mol. The molecule has 0 radical (unpaired) electrons. The van der Waals surface area contributed by atoms with Crippen molar-refractivity contribution in [3.63, 3.8) is 0 Å².